The summed E-state index contributed by atoms with van der Waals surface area (Å²) in [6.45, 7) is 2.09. The molecule has 14 heavy (non-hydrogen) atoms. The Morgan fingerprint density at radius 2 is 2.21 bits per heavy atom. The average molecular weight is 192 g/mol. The maximum absolute atomic E-state index is 9.92. The van der Waals surface area contributed by atoms with Crippen molar-refractivity contribution in [1.29, 1.82) is 0 Å². The predicted molar refractivity (Wildman–Crippen MR) is 55.6 cm³/mol. The Morgan fingerprint density at radius 1 is 1.43 bits per heavy atom. The lowest BCUT2D eigenvalue weighted by Gasteiger charge is -2.25. The first kappa shape index (κ1) is 9.53. The highest BCUT2D eigenvalue weighted by Gasteiger charge is 2.23. The average Bonchev–Trinajstić information content (AvgIpc) is 2.20. The van der Waals surface area contributed by atoms with Crippen LogP contribution in [0.3, 0.4) is 0 Å². The fraction of sp³-hybridized carbons (Fsp3) is 0.500. The number of benzene rings is 1. The van der Waals surface area contributed by atoms with Crippen LogP contribution < -0.4 is 4.74 Å². The van der Waals surface area contributed by atoms with Gasteiger partial charge in [-0.2, -0.15) is 0 Å². The lowest BCUT2D eigenvalue weighted by Crippen LogP contribution is -2.12. The second kappa shape index (κ2) is 3.62. The van der Waals surface area contributed by atoms with Crippen LogP contribution in [0.25, 0.3) is 0 Å². The van der Waals surface area contributed by atoms with Gasteiger partial charge in [-0.1, -0.05) is 6.07 Å². The molecule has 0 radical (unpaired) electrons. The summed E-state index contributed by atoms with van der Waals surface area (Å²) in [5.41, 5.74) is 3.56. The van der Waals surface area contributed by atoms with E-state index in [4.69, 9.17) is 4.74 Å². The molecule has 1 unspecified atom stereocenters. The second-order valence-electron chi connectivity index (χ2n) is 3.88. The minimum absolute atomic E-state index is 0.339. The number of methoxy groups -OCH3 is 1. The largest absolute Gasteiger partial charge is 0.496 e. The third kappa shape index (κ3) is 1.40. The number of hydrogen-bond donors (Lipinski definition) is 1. The topological polar surface area (TPSA) is 29.5 Å². The minimum Gasteiger partial charge on any atom is -0.496 e. The van der Waals surface area contributed by atoms with Crippen molar-refractivity contribution in [3.8, 4) is 5.75 Å². The summed E-state index contributed by atoms with van der Waals surface area (Å²) in [6.07, 6.45) is 2.65. The van der Waals surface area contributed by atoms with Gasteiger partial charge < -0.3 is 9.84 Å². The highest BCUT2D eigenvalue weighted by atomic mass is 16.5. The Bertz CT molecular complexity index is 344. The first-order valence-electron chi connectivity index (χ1n) is 5.08. The summed E-state index contributed by atoms with van der Waals surface area (Å²) >= 11 is 0. The van der Waals surface area contributed by atoms with E-state index in [2.05, 4.69) is 13.0 Å². The van der Waals surface area contributed by atoms with Gasteiger partial charge in [-0.25, -0.2) is 0 Å². The molecule has 0 fully saturated rings. The van der Waals surface area contributed by atoms with E-state index in [1.165, 1.54) is 11.1 Å². The van der Waals surface area contributed by atoms with Crippen molar-refractivity contribution in [2.75, 3.05) is 7.11 Å². The molecule has 1 aromatic rings. The van der Waals surface area contributed by atoms with Gasteiger partial charge in [0, 0.05) is 5.56 Å². The lowest BCUT2D eigenvalue weighted by atomic mass is 9.86. The first-order chi connectivity index (χ1) is 6.74. The van der Waals surface area contributed by atoms with Crippen LogP contribution >= 0.6 is 0 Å². The normalized spacial score (nSPS) is 20.4. The lowest BCUT2D eigenvalue weighted by molar-refractivity contribution is 0.152. The Labute approximate surface area is 84.5 Å². The molecule has 2 heteroatoms. The summed E-state index contributed by atoms with van der Waals surface area (Å²) in [5, 5.41) is 9.92. The molecular formula is C12H16O2. The SMILES string of the molecule is COc1ccc(C)c2c1C(O)CCC2. The van der Waals surface area contributed by atoms with E-state index < -0.39 is 0 Å². The molecule has 2 rings (SSSR count). The van der Waals surface area contributed by atoms with Gasteiger partial charge in [0.05, 0.1) is 13.2 Å². The molecule has 76 valence electrons. The molecule has 1 aromatic carbocycles. The minimum atomic E-state index is -0.339. The van der Waals surface area contributed by atoms with E-state index in [0.29, 0.717) is 0 Å². The van der Waals surface area contributed by atoms with Crippen molar-refractivity contribution in [2.45, 2.75) is 32.3 Å². The third-order valence-corrected chi connectivity index (χ3v) is 3.01. The highest BCUT2D eigenvalue weighted by Crippen LogP contribution is 2.37. The van der Waals surface area contributed by atoms with E-state index in [0.717, 1.165) is 30.6 Å². The molecule has 1 aliphatic carbocycles. The summed E-state index contributed by atoms with van der Waals surface area (Å²) in [6, 6.07) is 4.01. The third-order valence-electron chi connectivity index (χ3n) is 3.01. The maximum atomic E-state index is 9.92. The zero-order chi connectivity index (χ0) is 10.1. The van der Waals surface area contributed by atoms with Crippen molar-refractivity contribution in [1.82, 2.24) is 0 Å². The van der Waals surface area contributed by atoms with Crippen molar-refractivity contribution >= 4 is 0 Å². The number of ether oxygens (including phenoxy) is 1. The van der Waals surface area contributed by atoms with Gasteiger partial charge in [0.25, 0.3) is 0 Å². The number of fused-ring (bicyclic) bond motifs is 1. The Hall–Kier alpha value is -1.02. The Kier molecular flexibility index (Phi) is 2.46. The molecular weight excluding hydrogens is 176 g/mol. The standard InChI is InChI=1S/C12H16O2/c1-8-6-7-11(14-2)12-9(8)4-3-5-10(12)13/h6-7,10,13H,3-5H2,1-2H3. The molecule has 1 aliphatic rings. The molecule has 0 aliphatic heterocycles. The number of hydrogen-bond acceptors (Lipinski definition) is 2. The van der Waals surface area contributed by atoms with Crippen LogP contribution in [0.1, 0.15) is 35.6 Å². The van der Waals surface area contributed by atoms with Crippen LogP contribution in [0.2, 0.25) is 0 Å². The highest BCUT2D eigenvalue weighted by molar-refractivity contribution is 5.47. The first-order valence-corrected chi connectivity index (χ1v) is 5.08. The summed E-state index contributed by atoms with van der Waals surface area (Å²) in [5.74, 6) is 0.831. The Balaban J connectivity index is 2.58. The molecule has 0 bridgehead atoms. The monoisotopic (exact) mass is 192 g/mol. The molecule has 0 aromatic heterocycles. The van der Waals surface area contributed by atoms with Crippen molar-refractivity contribution in [3.05, 3.63) is 28.8 Å². The van der Waals surface area contributed by atoms with E-state index in [9.17, 15) is 5.11 Å². The van der Waals surface area contributed by atoms with Crippen LogP contribution in [0.15, 0.2) is 12.1 Å². The van der Waals surface area contributed by atoms with Crippen LogP contribution in [-0.4, -0.2) is 12.2 Å². The number of rotatable bonds is 1. The van der Waals surface area contributed by atoms with Crippen LogP contribution in [0.4, 0.5) is 0 Å². The van der Waals surface area contributed by atoms with Gasteiger partial charge in [0.15, 0.2) is 0 Å². The molecule has 1 N–H and O–H groups in total. The van der Waals surface area contributed by atoms with Crippen LogP contribution in [-0.2, 0) is 6.42 Å². The van der Waals surface area contributed by atoms with Gasteiger partial charge >= 0.3 is 0 Å². The van der Waals surface area contributed by atoms with Crippen molar-refractivity contribution in [2.24, 2.45) is 0 Å². The number of aliphatic hydroxyl groups excluding tert-OH is 1. The zero-order valence-electron chi connectivity index (χ0n) is 8.71. The summed E-state index contributed by atoms with van der Waals surface area (Å²) < 4.78 is 5.28. The molecule has 2 nitrogen and oxygen atoms in total. The molecule has 0 amide bonds. The molecule has 0 saturated carbocycles. The smallest absolute Gasteiger partial charge is 0.124 e. The quantitative estimate of drug-likeness (QED) is 0.740. The van der Waals surface area contributed by atoms with E-state index in [1.807, 2.05) is 6.07 Å². The van der Waals surface area contributed by atoms with Crippen LogP contribution in [0.5, 0.6) is 5.75 Å². The fourth-order valence-electron chi connectivity index (χ4n) is 2.24. The van der Waals surface area contributed by atoms with E-state index in [-0.39, 0.29) is 6.10 Å². The molecule has 0 spiro atoms. The van der Waals surface area contributed by atoms with E-state index >= 15 is 0 Å². The zero-order valence-corrected chi connectivity index (χ0v) is 8.71. The van der Waals surface area contributed by atoms with Crippen molar-refractivity contribution < 1.29 is 9.84 Å². The maximum Gasteiger partial charge on any atom is 0.124 e. The molecule has 1 atom stereocenters. The molecule has 0 heterocycles. The summed E-state index contributed by atoms with van der Waals surface area (Å²) in [7, 11) is 1.66. The van der Waals surface area contributed by atoms with Gasteiger partial charge in [-0.15, -0.1) is 0 Å². The number of aliphatic hydroxyl groups is 1. The van der Waals surface area contributed by atoms with Gasteiger partial charge in [0.1, 0.15) is 5.75 Å². The van der Waals surface area contributed by atoms with Gasteiger partial charge in [-0.05, 0) is 43.4 Å². The van der Waals surface area contributed by atoms with E-state index in [1.54, 1.807) is 7.11 Å². The summed E-state index contributed by atoms with van der Waals surface area (Å²) in [4.78, 5) is 0. The Morgan fingerprint density at radius 3 is 2.93 bits per heavy atom. The van der Waals surface area contributed by atoms with Gasteiger partial charge in [0.2, 0.25) is 0 Å². The second-order valence-corrected chi connectivity index (χ2v) is 3.88. The van der Waals surface area contributed by atoms with Crippen LogP contribution in [0, 0.1) is 6.92 Å². The molecule has 0 saturated heterocycles. The van der Waals surface area contributed by atoms with Crippen molar-refractivity contribution in [3.63, 3.8) is 0 Å². The fourth-order valence-corrected chi connectivity index (χ4v) is 2.24. The van der Waals surface area contributed by atoms with Gasteiger partial charge in [-0.3, -0.25) is 0 Å². The predicted octanol–water partition coefficient (Wildman–Crippen LogP) is 2.37. The number of aryl methyl sites for hydroxylation is 1.